The van der Waals surface area contributed by atoms with Crippen molar-refractivity contribution in [3.05, 3.63) is 60.2 Å². The van der Waals surface area contributed by atoms with Gasteiger partial charge in [-0.3, -0.25) is 19.7 Å². The van der Waals surface area contributed by atoms with Crippen molar-refractivity contribution in [3.8, 4) is 0 Å². The van der Waals surface area contributed by atoms with Gasteiger partial charge in [0.15, 0.2) is 0 Å². The summed E-state index contributed by atoms with van der Waals surface area (Å²) < 4.78 is 95.2. The molecule has 3 N–H and O–H groups in total. The van der Waals surface area contributed by atoms with Gasteiger partial charge in [0.2, 0.25) is 5.91 Å². The Morgan fingerprint density at radius 1 is 0.731 bits per heavy atom. The van der Waals surface area contributed by atoms with Crippen molar-refractivity contribution < 1.29 is 74.0 Å². The summed E-state index contributed by atoms with van der Waals surface area (Å²) >= 11 is 0. The van der Waals surface area contributed by atoms with E-state index in [1.54, 1.807) is 0 Å². The van der Waals surface area contributed by atoms with Gasteiger partial charge < -0.3 is 25.1 Å². The Bertz CT molecular complexity index is 1400. The molecular weight excluding hydrogens is 725 g/mol. The number of carbonyl (C=O) groups is 4. The number of aliphatic carboxylic acids is 3. The number of halogens is 9. The normalized spacial score (nSPS) is 20.9. The molecule has 12 nitrogen and oxygen atoms in total. The average molecular weight is 762 g/mol. The van der Waals surface area contributed by atoms with Crippen molar-refractivity contribution >= 4 is 23.8 Å². The highest BCUT2D eigenvalue weighted by Crippen LogP contribution is 2.49. The molecule has 0 saturated carbocycles. The zero-order valence-electron chi connectivity index (χ0n) is 27.3. The van der Waals surface area contributed by atoms with Gasteiger partial charge in [-0.25, -0.2) is 14.4 Å². The van der Waals surface area contributed by atoms with Crippen LogP contribution in [-0.4, -0.2) is 128 Å². The zero-order chi connectivity index (χ0) is 39.3. The number of aromatic nitrogens is 2. The van der Waals surface area contributed by atoms with Crippen LogP contribution in [0.4, 0.5) is 39.5 Å². The monoisotopic (exact) mass is 761 g/mol. The van der Waals surface area contributed by atoms with Gasteiger partial charge in [0, 0.05) is 70.0 Å². The molecule has 3 saturated heterocycles. The lowest BCUT2D eigenvalue weighted by atomic mass is 9.69. The summed E-state index contributed by atoms with van der Waals surface area (Å²) in [5, 5.41) is 21.4. The molecule has 3 aliphatic rings. The molecule has 0 radical (unpaired) electrons. The van der Waals surface area contributed by atoms with E-state index in [9.17, 15) is 44.3 Å². The third-order valence-corrected chi connectivity index (χ3v) is 8.23. The van der Waals surface area contributed by atoms with E-state index in [0.29, 0.717) is 5.91 Å². The number of alkyl halides is 9. The van der Waals surface area contributed by atoms with Crippen LogP contribution in [0.5, 0.6) is 0 Å². The molecule has 2 aromatic heterocycles. The number of likely N-dealkylation sites (tertiary alicyclic amines) is 3. The molecule has 2 aromatic rings. The van der Waals surface area contributed by atoms with Crippen LogP contribution in [0, 0.1) is 5.41 Å². The second kappa shape index (κ2) is 18.8. The van der Waals surface area contributed by atoms with E-state index in [-0.39, 0.29) is 11.3 Å². The van der Waals surface area contributed by atoms with Crippen LogP contribution in [0.25, 0.3) is 0 Å². The summed E-state index contributed by atoms with van der Waals surface area (Å²) in [5.41, 5.74) is 2.12. The molecule has 52 heavy (non-hydrogen) atoms. The lowest BCUT2D eigenvalue weighted by Crippen LogP contribution is -2.53. The lowest BCUT2D eigenvalue weighted by Gasteiger charge is -2.43. The minimum Gasteiger partial charge on any atom is -0.475 e. The van der Waals surface area contributed by atoms with Gasteiger partial charge in [-0.2, -0.15) is 39.5 Å². The molecule has 0 aliphatic carbocycles. The fourth-order valence-electron chi connectivity index (χ4n) is 5.94. The van der Waals surface area contributed by atoms with Crippen LogP contribution < -0.4 is 0 Å². The van der Waals surface area contributed by atoms with Crippen molar-refractivity contribution in [2.75, 3.05) is 45.8 Å². The van der Waals surface area contributed by atoms with Crippen LogP contribution in [-0.2, 0) is 25.7 Å². The zero-order valence-corrected chi connectivity index (χ0v) is 27.3. The van der Waals surface area contributed by atoms with E-state index in [4.69, 9.17) is 29.7 Å². The highest BCUT2D eigenvalue weighted by Gasteiger charge is 2.55. The molecule has 3 aliphatic heterocycles. The van der Waals surface area contributed by atoms with E-state index in [2.05, 4.69) is 42.9 Å². The van der Waals surface area contributed by atoms with E-state index < -0.39 is 36.4 Å². The second-order valence-corrected chi connectivity index (χ2v) is 11.9. The average Bonchev–Trinajstić information content (AvgIpc) is 3.71. The minimum absolute atomic E-state index is 0.199. The Hall–Kier alpha value is -4.53. The molecule has 290 valence electrons. The van der Waals surface area contributed by atoms with Crippen molar-refractivity contribution in [2.45, 2.75) is 56.7 Å². The number of hydrogen-bond donors (Lipinski definition) is 3. The molecule has 3 fully saturated rings. The maximum Gasteiger partial charge on any atom is 0.490 e. The highest BCUT2D eigenvalue weighted by atomic mass is 19.4. The SMILES string of the molecule is O=C(O)C(F)(F)F.O=C(O)C(F)(F)F.O=C(O)C(F)(F)F.O=C1N(CCN2CCCC2)CCCC12CN(Cc1ccncc1)CC2c1cccnc1. The van der Waals surface area contributed by atoms with E-state index in [0.717, 1.165) is 52.1 Å². The Labute approximate surface area is 290 Å². The molecule has 0 bridgehead atoms. The lowest BCUT2D eigenvalue weighted by molar-refractivity contribution is -0.193. The maximum atomic E-state index is 14.0. The Morgan fingerprint density at radius 2 is 1.25 bits per heavy atom. The molecule has 2 unspecified atom stereocenters. The number of hydrogen-bond acceptors (Lipinski definition) is 8. The Kier molecular flexibility index (Phi) is 15.8. The van der Waals surface area contributed by atoms with Crippen molar-refractivity contribution in [1.82, 2.24) is 24.7 Å². The first-order chi connectivity index (χ1) is 24.1. The van der Waals surface area contributed by atoms with E-state index in [1.165, 1.54) is 37.1 Å². The second-order valence-electron chi connectivity index (χ2n) is 11.9. The summed E-state index contributed by atoms with van der Waals surface area (Å²) in [4.78, 5) is 56.4. The fourth-order valence-corrected chi connectivity index (χ4v) is 5.94. The van der Waals surface area contributed by atoms with Gasteiger partial charge in [0.05, 0.1) is 5.41 Å². The fraction of sp³-hybridized carbons (Fsp3) is 0.548. The van der Waals surface area contributed by atoms with Gasteiger partial charge >= 0.3 is 36.4 Å². The summed E-state index contributed by atoms with van der Waals surface area (Å²) in [7, 11) is 0. The third-order valence-electron chi connectivity index (χ3n) is 8.23. The molecule has 5 rings (SSSR count). The Morgan fingerprint density at radius 3 is 1.71 bits per heavy atom. The number of carboxylic acid groups (broad SMARTS) is 3. The number of amides is 1. The van der Waals surface area contributed by atoms with Gasteiger partial charge in [0.25, 0.3) is 0 Å². The van der Waals surface area contributed by atoms with E-state index >= 15 is 0 Å². The molecular formula is C31H36F9N5O7. The van der Waals surface area contributed by atoms with Gasteiger partial charge in [-0.15, -0.1) is 0 Å². The van der Waals surface area contributed by atoms with E-state index in [1.807, 2.05) is 30.9 Å². The quantitative estimate of drug-likeness (QED) is 0.351. The first-order valence-corrected chi connectivity index (χ1v) is 15.5. The van der Waals surface area contributed by atoms with Gasteiger partial charge in [-0.1, -0.05) is 6.07 Å². The largest absolute Gasteiger partial charge is 0.490 e. The van der Waals surface area contributed by atoms with Crippen LogP contribution in [0.15, 0.2) is 49.1 Å². The van der Waals surface area contributed by atoms with Crippen molar-refractivity contribution in [1.29, 1.82) is 0 Å². The molecule has 5 heterocycles. The topological polar surface area (TPSA) is 164 Å². The summed E-state index contributed by atoms with van der Waals surface area (Å²) in [5.74, 6) is -7.71. The summed E-state index contributed by atoms with van der Waals surface area (Å²) in [6.07, 6.45) is -3.10. The molecule has 1 amide bonds. The van der Waals surface area contributed by atoms with Crippen LogP contribution >= 0.6 is 0 Å². The van der Waals surface area contributed by atoms with Crippen LogP contribution in [0.2, 0.25) is 0 Å². The number of piperidine rings is 1. The number of rotatable bonds is 6. The predicted octanol–water partition coefficient (Wildman–Crippen LogP) is 4.68. The Balaban J connectivity index is 0.000000365. The first kappa shape index (κ1) is 43.6. The predicted molar refractivity (Wildman–Crippen MR) is 161 cm³/mol. The number of pyridine rings is 2. The van der Waals surface area contributed by atoms with Gasteiger partial charge in [-0.05, 0) is 68.1 Å². The standard InChI is InChI=1S/C25H33N5O.3C2HF3O2/c31-24-25(8-4-14-30(24)16-15-28-12-1-2-13-28)20-29(18-21-6-10-26-11-7-21)19-23(25)22-5-3-9-27-17-22;3*3-2(4,5)1(6)7/h3,5-7,9-11,17,23H,1-2,4,8,12-16,18-20H2;3*(H,6,7). The number of carboxylic acids is 3. The van der Waals surface area contributed by atoms with Crippen molar-refractivity contribution in [2.24, 2.45) is 5.41 Å². The summed E-state index contributed by atoms with van der Waals surface area (Å²) in [6, 6.07) is 8.32. The third kappa shape index (κ3) is 13.5. The number of nitrogens with zero attached hydrogens (tertiary/aromatic N) is 5. The van der Waals surface area contributed by atoms with Crippen LogP contribution in [0.1, 0.15) is 42.7 Å². The molecule has 1 spiro atoms. The first-order valence-electron chi connectivity index (χ1n) is 15.5. The smallest absolute Gasteiger partial charge is 0.475 e. The number of carbonyl (C=O) groups excluding carboxylic acids is 1. The molecule has 2 atom stereocenters. The maximum absolute atomic E-state index is 14.0. The minimum atomic E-state index is -5.08. The van der Waals surface area contributed by atoms with Gasteiger partial charge in [0.1, 0.15) is 0 Å². The molecule has 21 heteroatoms. The highest BCUT2D eigenvalue weighted by molar-refractivity contribution is 5.85. The van der Waals surface area contributed by atoms with Crippen molar-refractivity contribution in [3.63, 3.8) is 0 Å². The summed E-state index contributed by atoms with van der Waals surface area (Å²) in [6.45, 7) is 7.75. The van der Waals surface area contributed by atoms with Crippen LogP contribution in [0.3, 0.4) is 0 Å². The molecule has 0 aromatic carbocycles.